The van der Waals surface area contributed by atoms with Gasteiger partial charge in [-0.2, -0.15) is 0 Å². The Bertz CT molecular complexity index is 3570. The normalized spacial score (nSPS) is 10.7. The van der Waals surface area contributed by atoms with Gasteiger partial charge < -0.3 is 14.0 Å². The molecule has 2 aromatic heterocycles. The lowest BCUT2D eigenvalue weighted by molar-refractivity contribution is 1.18. The molecule has 0 spiro atoms. The fraction of sp³-hybridized carbons (Fsp3) is 0.0462. The van der Waals surface area contributed by atoms with Gasteiger partial charge in [-0.1, -0.05) is 180 Å². The second-order valence-electron chi connectivity index (χ2n) is 16.8. The van der Waals surface area contributed by atoms with E-state index >= 15 is 0 Å². The Morgan fingerprint density at radius 3 is 1.22 bits per heavy atom. The van der Waals surface area contributed by atoms with Crippen LogP contribution in [0.2, 0.25) is 0 Å². The lowest BCUT2D eigenvalue weighted by atomic mass is 10.0. The summed E-state index contributed by atoms with van der Waals surface area (Å²) in [6.07, 6.45) is 0. The van der Waals surface area contributed by atoms with Crippen LogP contribution in [0.15, 0.2) is 268 Å². The average Bonchev–Trinajstić information content (AvgIpc) is 3.91. The molecule has 0 bridgehead atoms. The van der Waals surface area contributed by atoms with E-state index in [4.69, 9.17) is 0 Å². The maximum atomic E-state index is 3.00. The summed E-state index contributed by atoms with van der Waals surface area (Å²) in [6.45, 7) is 12.4. The molecular formula is C65H55N3. The van der Waals surface area contributed by atoms with Crippen LogP contribution < -0.4 is 4.90 Å². The summed E-state index contributed by atoms with van der Waals surface area (Å²) in [4.78, 5) is 2.35. The van der Waals surface area contributed by atoms with Crippen molar-refractivity contribution in [2.45, 2.75) is 20.8 Å². The van der Waals surface area contributed by atoms with Gasteiger partial charge in [-0.25, -0.2) is 0 Å². The molecular weight excluding hydrogens is 823 g/mol. The van der Waals surface area contributed by atoms with Crippen LogP contribution in [0.4, 0.5) is 17.1 Å². The van der Waals surface area contributed by atoms with Crippen molar-refractivity contribution in [3.05, 3.63) is 285 Å². The molecule has 3 heteroatoms. The highest BCUT2D eigenvalue weighted by Crippen LogP contribution is 2.41. The number of rotatable bonds is 6. The number of para-hydroxylation sites is 5. The Labute approximate surface area is 400 Å². The zero-order chi connectivity index (χ0) is 46.8. The van der Waals surface area contributed by atoms with Crippen molar-refractivity contribution in [3.8, 4) is 22.5 Å². The second kappa shape index (κ2) is 20.7. The molecule has 10 aromatic carbocycles. The van der Waals surface area contributed by atoms with E-state index in [9.17, 15) is 0 Å². The molecule has 0 aliphatic carbocycles. The van der Waals surface area contributed by atoms with Crippen LogP contribution in [0.25, 0.3) is 66.1 Å². The molecule has 0 N–H and O–H groups in total. The first kappa shape index (κ1) is 44.5. The van der Waals surface area contributed by atoms with Crippen molar-refractivity contribution in [2.75, 3.05) is 4.90 Å². The number of benzene rings is 10. The minimum atomic E-state index is 1.13. The summed E-state index contributed by atoms with van der Waals surface area (Å²) in [6, 6.07) is 90.4. The molecule has 0 fully saturated rings. The molecule has 0 saturated heterocycles. The van der Waals surface area contributed by atoms with Gasteiger partial charge in [-0.3, -0.25) is 0 Å². The molecule has 2 heterocycles. The number of fused-ring (bicyclic) bond motifs is 6. The quantitative estimate of drug-likeness (QED) is 0.152. The van der Waals surface area contributed by atoms with Crippen LogP contribution in [-0.4, -0.2) is 9.13 Å². The first-order valence-electron chi connectivity index (χ1n) is 23.2. The van der Waals surface area contributed by atoms with Crippen molar-refractivity contribution in [1.82, 2.24) is 9.13 Å². The van der Waals surface area contributed by atoms with E-state index in [1.165, 1.54) is 82.8 Å². The minimum Gasteiger partial charge on any atom is -0.310 e. The molecule has 3 nitrogen and oxygen atoms in total. The maximum Gasteiger partial charge on any atom is 0.0542 e. The maximum absolute atomic E-state index is 3.00. The molecule has 0 atom stereocenters. The summed E-state index contributed by atoms with van der Waals surface area (Å²) < 4.78 is 4.70. The molecule has 330 valence electrons. The third-order valence-electron chi connectivity index (χ3n) is 12.2. The molecule has 0 aliphatic heterocycles. The highest BCUT2D eigenvalue weighted by molar-refractivity contribution is 6.11. The van der Waals surface area contributed by atoms with Crippen LogP contribution in [0.3, 0.4) is 0 Å². The first-order chi connectivity index (χ1) is 33.5. The van der Waals surface area contributed by atoms with Gasteiger partial charge in [0, 0.05) is 50.0 Å². The number of aromatic nitrogens is 2. The van der Waals surface area contributed by atoms with Crippen LogP contribution in [0.5, 0.6) is 0 Å². The average molecular weight is 878 g/mol. The van der Waals surface area contributed by atoms with Gasteiger partial charge >= 0.3 is 0 Å². The van der Waals surface area contributed by atoms with Crippen molar-refractivity contribution >= 4 is 60.7 Å². The number of hydrogen-bond acceptors (Lipinski definition) is 1. The summed E-state index contributed by atoms with van der Waals surface area (Å²) in [5.74, 6) is 0. The topological polar surface area (TPSA) is 13.1 Å². The van der Waals surface area contributed by atoms with E-state index in [2.05, 4.69) is 285 Å². The number of hydrogen-bond donors (Lipinski definition) is 0. The van der Waals surface area contributed by atoms with E-state index < -0.39 is 0 Å². The van der Waals surface area contributed by atoms with Crippen molar-refractivity contribution < 1.29 is 0 Å². The Morgan fingerprint density at radius 1 is 0.279 bits per heavy atom. The lowest BCUT2D eigenvalue weighted by Crippen LogP contribution is -2.10. The summed E-state index contributed by atoms with van der Waals surface area (Å²) in [5, 5.41) is 5.13. The van der Waals surface area contributed by atoms with Crippen molar-refractivity contribution in [1.29, 1.82) is 0 Å². The van der Waals surface area contributed by atoms with E-state index in [0.717, 1.165) is 17.1 Å². The molecule has 0 amide bonds. The second-order valence-corrected chi connectivity index (χ2v) is 16.8. The molecule has 12 aromatic rings. The third-order valence-corrected chi connectivity index (χ3v) is 12.2. The van der Waals surface area contributed by atoms with Gasteiger partial charge in [0.25, 0.3) is 0 Å². The smallest absolute Gasteiger partial charge is 0.0542 e. The predicted octanol–water partition coefficient (Wildman–Crippen LogP) is 18.1. The van der Waals surface area contributed by atoms with Crippen LogP contribution >= 0.6 is 0 Å². The standard InChI is InChI=1S/C37H28N2.C19H15N.C7H8.C2H4/c1-27-12-10-13-28(24-27)29-14-11-19-32(25-29)38(30-15-4-2-5-16-30)33-22-23-37-35(26-33)34-20-8-9-21-36(34)39(37)31-17-6-3-7-18-31;1-14-11-12-19-17(13-14)16-9-5-6-10-18(16)20(19)15-7-3-2-4-8-15;1-7-5-3-2-4-6-7;1-2/h2-26H,1H3;2-13H,1H3;2-6H,1H3;1-2H2. The van der Waals surface area contributed by atoms with E-state index in [1.807, 2.05) is 18.2 Å². The van der Waals surface area contributed by atoms with Gasteiger partial charge in [0.2, 0.25) is 0 Å². The molecule has 68 heavy (non-hydrogen) atoms. The number of nitrogens with zero attached hydrogens (tertiary/aromatic N) is 3. The molecule has 0 radical (unpaired) electrons. The van der Waals surface area contributed by atoms with Gasteiger partial charge in [0.1, 0.15) is 0 Å². The Hall–Kier alpha value is -8.66. The first-order valence-corrected chi connectivity index (χ1v) is 23.2. The third kappa shape index (κ3) is 9.37. The SMILES string of the molecule is C=C.Cc1ccc2c(c1)c1ccccc1n2-c1ccccc1.Cc1cccc(-c2cccc(N(c3ccccc3)c3ccc4c(c3)c3ccccc3n4-c3ccccc3)c2)c1.Cc1ccccc1. The highest BCUT2D eigenvalue weighted by Gasteiger charge is 2.18. The molecule has 0 unspecified atom stereocenters. The largest absolute Gasteiger partial charge is 0.310 e. The molecule has 0 aliphatic rings. The van der Waals surface area contributed by atoms with Gasteiger partial charge in [-0.15, -0.1) is 13.2 Å². The summed E-state index contributed by atoms with van der Waals surface area (Å²) >= 11 is 0. The monoisotopic (exact) mass is 877 g/mol. The Kier molecular flexibility index (Phi) is 13.5. The summed E-state index contributed by atoms with van der Waals surface area (Å²) in [7, 11) is 0. The fourth-order valence-electron chi connectivity index (χ4n) is 9.11. The molecule has 12 rings (SSSR count). The van der Waals surface area contributed by atoms with Gasteiger partial charge in [0.05, 0.1) is 22.1 Å². The minimum absolute atomic E-state index is 1.13. The van der Waals surface area contributed by atoms with Gasteiger partial charge in [0.15, 0.2) is 0 Å². The zero-order valence-electron chi connectivity index (χ0n) is 39.0. The summed E-state index contributed by atoms with van der Waals surface area (Å²) in [5.41, 5.74) is 17.0. The zero-order valence-corrected chi connectivity index (χ0v) is 39.0. The van der Waals surface area contributed by atoms with Crippen molar-refractivity contribution in [3.63, 3.8) is 0 Å². The van der Waals surface area contributed by atoms with Crippen molar-refractivity contribution in [2.24, 2.45) is 0 Å². The van der Waals surface area contributed by atoms with E-state index in [0.29, 0.717) is 0 Å². The lowest BCUT2D eigenvalue weighted by Gasteiger charge is -2.26. The Morgan fingerprint density at radius 2 is 0.676 bits per heavy atom. The highest BCUT2D eigenvalue weighted by atomic mass is 15.1. The van der Waals surface area contributed by atoms with Crippen LogP contribution in [-0.2, 0) is 0 Å². The number of anilines is 3. The van der Waals surface area contributed by atoms with Crippen LogP contribution in [0, 0.1) is 20.8 Å². The van der Waals surface area contributed by atoms with Gasteiger partial charge in [-0.05, 0) is 123 Å². The van der Waals surface area contributed by atoms with E-state index in [-0.39, 0.29) is 0 Å². The predicted molar refractivity (Wildman–Crippen MR) is 294 cm³/mol. The molecule has 0 saturated carbocycles. The van der Waals surface area contributed by atoms with Crippen LogP contribution in [0.1, 0.15) is 16.7 Å². The Balaban J connectivity index is 0.000000164. The fourth-order valence-corrected chi connectivity index (χ4v) is 9.11. The van der Waals surface area contributed by atoms with E-state index in [1.54, 1.807) is 0 Å². The number of aryl methyl sites for hydroxylation is 3.